The van der Waals surface area contributed by atoms with Gasteiger partial charge in [0.15, 0.2) is 12.4 Å². The van der Waals surface area contributed by atoms with E-state index in [2.05, 4.69) is 11.4 Å². The van der Waals surface area contributed by atoms with Crippen LogP contribution in [0.15, 0.2) is 35.9 Å². The first-order valence-electron chi connectivity index (χ1n) is 7.84. The third-order valence-corrected chi connectivity index (χ3v) is 3.78. The van der Waals surface area contributed by atoms with E-state index in [9.17, 15) is 9.59 Å². The Labute approximate surface area is 131 Å². The first kappa shape index (κ1) is 16.3. The SMILES string of the molecule is CC(=O)c1ccccc1OCC(=O)NCCC1=CCCCC1. The lowest BCUT2D eigenvalue weighted by Crippen LogP contribution is -2.30. The predicted octanol–water partition coefficient (Wildman–Crippen LogP) is 3.27. The van der Waals surface area contributed by atoms with Gasteiger partial charge in [-0.05, 0) is 51.2 Å². The molecule has 1 aromatic carbocycles. The number of ketones is 1. The molecule has 0 radical (unpaired) electrons. The van der Waals surface area contributed by atoms with Crippen molar-refractivity contribution in [3.05, 3.63) is 41.5 Å². The summed E-state index contributed by atoms with van der Waals surface area (Å²) in [5.74, 6) is 0.232. The Morgan fingerprint density at radius 2 is 2.05 bits per heavy atom. The van der Waals surface area contributed by atoms with Gasteiger partial charge in [-0.2, -0.15) is 0 Å². The fourth-order valence-corrected chi connectivity index (χ4v) is 2.57. The van der Waals surface area contributed by atoms with Gasteiger partial charge >= 0.3 is 0 Å². The van der Waals surface area contributed by atoms with Crippen LogP contribution in [-0.4, -0.2) is 24.8 Å². The number of hydrogen-bond donors (Lipinski definition) is 1. The Balaban J connectivity index is 1.74. The van der Waals surface area contributed by atoms with Gasteiger partial charge in [0.2, 0.25) is 0 Å². The van der Waals surface area contributed by atoms with Crippen molar-refractivity contribution in [1.82, 2.24) is 5.32 Å². The standard InChI is InChI=1S/C18H23NO3/c1-14(20)16-9-5-6-10-17(16)22-13-18(21)19-12-11-15-7-3-2-4-8-15/h5-7,9-10H,2-4,8,11-13H2,1H3,(H,19,21). The topological polar surface area (TPSA) is 55.4 Å². The van der Waals surface area contributed by atoms with Gasteiger partial charge in [0.05, 0.1) is 5.56 Å². The van der Waals surface area contributed by atoms with Crippen molar-refractivity contribution in [3.63, 3.8) is 0 Å². The van der Waals surface area contributed by atoms with Crippen LogP contribution in [0.25, 0.3) is 0 Å². The summed E-state index contributed by atoms with van der Waals surface area (Å²) >= 11 is 0. The quantitative estimate of drug-likeness (QED) is 0.621. The van der Waals surface area contributed by atoms with E-state index >= 15 is 0 Å². The lowest BCUT2D eigenvalue weighted by molar-refractivity contribution is -0.123. The summed E-state index contributed by atoms with van der Waals surface area (Å²) in [5, 5.41) is 2.86. The second-order valence-electron chi connectivity index (χ2n) is 5.55. The molecular formula is C18H23NO3. The molecular weight excluding hydrogens is 278 g/mol. The number of rotatable bonds is 7. The minimum atomic E-state index is -0.158. The van der Waals surface area contributed by atoms with Crippen LogP contribution in [0.1, 0.15) is 49.4 Å². The highest BCUT2D eigenvalue weighted by molar-refractivity contribution is 5.96. The summed E-state index contributed by atoms with van der Waals surface area (Å²) in [6, 6.07) is 6.97. The van der Waals surface area contributed by atoms with Gasteiger partial charge in [0, 0.05) is 6.54 Å². The molecule has 0 heterocycles. The number of allylic oxidation sites excluding steroid dienone is 1. The predicted molar refractivity (Wildman–Crippen MR) is 86.1 cm³/mol. The number of Topliss-reactive ketones (excluding diaryl/α,β-unsaturated/α-hetero) is 1. The van der Waals surface area contributed by atoms with Crippen LogP contribution >= 0.6 is 0 Å². The van der Waals surface area contributed by atoms with E-state index in [1.165, 1.54) is 25.3 Å². The molecule has 1 aliphatic carbocycles. The van der Waals surface area contributed by atoms with Crippen molar-refractivity contribution in [1.29, 1.82) is 0 Å². The number of ether oxygens (including phenoxy) is 1. The van der Waals surface area contributed by atoms with Crippen molar-refractivity contribution >= 4 is 11.7 Å². The fourth-order valence-electron chi connectivity index (χ4n) is 2.57. The number of carbonyl (C=O) groups excluding carboxylic acids is 2. The molecule has 0 saturated carbocycles. The zero-order chi connectivity index (χ0) is 15.8. The molecule has 0 atom stereocenters. The lowest BCUT2D eigenvalue weighted by Gasteiger charge is -2.13. The molecule has 1 aromatic rings. The third kappa shape index (κ3) is 5.02. The largest absolute Gasteiger partial charge is 0.483 e. The Kier molecular flexibility index (Phi) is 6.19. The van der Waals surface area contributed by atoms with Gasteiger partial charge in [-0.3, -0.25) is 9.59 Å². The molecule has 2 rings (SSSR count). The van der Waals surface area contributed by atoms with Crippen LogP contribution in [0.2, 0.25) is 0 Å². The van der Waals surface area contributed by atoms with Gasteiger partial charge < -0.3 is 10.1 Å². The molecule has 0 saturated heterocycles. The Morgan fingerprint density at radius 1 is 1.23 bits per heavy atom. The van der Waals surface area contributed by atoms with Gasteiger partial charge in [0.25, 0.3) is 5.91 Å². The van der Waals surface area contributed by atoms with Crippen LogP contribution in [0.5, 0.6) is 5.75 Å². The van der Waals surface area contributed by atoms with E-state index < -0.39 is 0 Å². The van der Waals surface area contributed by atoms with Crippen molar-refractivity contribution < 1.29 is 14.3 Å². The summed E-state index contributed by atoms with van der Waals surface area (Å²) < 4.78 is 5.46. The highest BCUT2D eigenvalue weighted by Gasteiger charge is 2.10. The summed E-state index contributed by atoms with van der Waals surface area (Å²) in [5.41, 5.74) is 1.94. The number of carbonyl (C=O) groups is 2. The zero-order valence-corrected chi connectivity index (χ0v) is 13.1. The monoisotopic (exact) mass is 301 g/mol. The van der Waals surface area contributed by atoms with E-state index in [1.54, 1.807) is 24.3 Å². The lowest BCUT2D eigenvalue weighted by atomic mass is 9.97. The van der Waals surface area contributed by atoms with Gasteiger partial charge in [-0.1, -0.05) is 23.8 Å². The molecule has 0 aromatic heterocycles. The van der Waals surface area contributed by atoms with E-state index in [1.807, 2.05) is 0 Å². The molecule has 0 unspecified atom stereocenters. The van der Waals surface area contributed by atoms with Crippen molar-refractivity contribution in [2.24, 2.45) is 0 Å². The molecule has 4 nitrogen and oxygen atoms in total. The number of hydrogen-bond acceptors (Lipinski definition) is 3. The number of nitrogens with one attached hydrogen (secondary N) is 1. The van der Waals surface area contributed by atoms with E-state index in [0.717, 1.165) is 19.3 Å². The molecule has 1 aliphatic rings. The van der Waals surface area contributed by atoms with Gasteiger partial charge in [-0.25, -0.2) is 0 Å². The van der Waals surface area contributed by atoms with Crippen LogP contribution < -0.4 is 10.1 Å². The van der Waals surface area contributed by atoms with Crippen LogP contribution in [0.3, 0.4) is 0 Å². The van der Waals surface area contributed by atoms with Crippen LogP contribution in [-0.2, 0) is 4.79 Å². The Bertz CT molecular complexity index is 563. The van der Waals surface area contributed by atoms with Crippen molar-refractivity contribution in [3.8, 4) is 5.75 Å². The molecule has 0 fully saturated rings. The number of benzene rings is 1. The Hall–Kier alpha value is -2.10. The second kappa shape index (κ2) is 8.37. The highest BCUT2D eigenvalue weighted by atomic mass is 16.5. The molecule has 4 heteroatoms. The Morgan fingerprint density at radius 3 is 2.77 bits per heavy atom. The molecule has 1 amide bonds. The smallest absolute Gasteiger partial charge is 0.257 e. The van der Waals surface area contributed by atoms with Gasteiger partial charge in [0.1, 0.15) is 5.75 Å². The van der Waals surface area contributed by atoms with Gasteiger partial charge in [-0.15, -0.1) is 0 Å². The minimum Gasteiger partial charge on any atom is -0.483 e. The maximum absolute atomic E-state index is 11.8. The van der Waals surface area contributed by atoms with Crippen molar-refractivity contribution in [2.45, 2.75) is 39.0 Å². The minimum absolute atomic E-state index is 0.0661. The first-order valence-corrected chi connectivity index (χ1v) is 7.84. The van der Waals surface area contributed by atoms with E-state index in [-0.39, 0.29) is 18.3 Å². The average molecular weight is 301 g/mol. The molecule has 0 bridgehead atoms. The van der Waals surface area contributed by atoms with Crippen molar-refractivity contribution in [2.75, 3.05) is 13.2 Å². The second-order valence-corrected chi connectivity index (χ2v) is 5.55. The molecule has 0 aliphatic heterocycles. The molecule has 0 spiro atoms. The maximum Gasteiger partial charge on any atom is 0.257 e. The number of amides is 1. The van der Waals surface area contributed by atoms with Crippen LogP contribution in [0, 0.1) is 0 Å². The first-order chi connectivity index (χ1) is 10.7. The summed E-state index contributed by atoms with van der Waals surface area (Å²) in [6.07, 6.45) is 8.04. The zero-order valence-electron chi connectivity index (χ0n) is 13.1. The maximum atomic E-state index is 11.8. The number of para-hydroxylation sites is 1. The summed E-state index contributed by atoms with van der Waals surface area (Å²) in [4.78, 5) is 23.3. The van der Waals surface area contributed by atoms with E-state index in [4.69, 9.17) is 4.74 Å². The molecule has 22 heavy (non-hydrogen) atoms. The fraction of sp³-hybridized carbons (Fsp3) is 0.444. The normalized spacial score (nSPS) is 14.1. The van der Waals surface area contributed by atoms with Crippen LogP contribution in [0.4, 0.5) is 0 Å². The third-order valence-electron chi connectivity index (χ3n) is 3.78. The molecule has 1 N–H and O–H groups in total. The highest BCUT2D eigenvalue weighted by Crippen LogP contribution is 2.19. The summed E-state index contributed by atoms with van der Waals surface area (Å²) in [6.45, 7) is 2.06. The van der Waals surface area contributed by atoms with E-state index in [0.29, 0.717) is 17.9 Å². The average Bonchev–Trinajstić information content (AvgIpc) is 2.54. The molecule has 118 valence electrons. The summed E-state index contributed by atoms with van der Waals surface area (Å²) in [7, 11) is 0.